The minimum atomic E-state index is 0.136. The molecule has 0 fully saturated rings. The van der Waals surface area contributed by atoms with E-state index in [1.165, 1.54) is 11.3 Å². The second-order valence-corrected chi connectivity index (χ2v) is 6.10. The van der Waals surface area contributed by atoms with Crippen LogP contribution in [0, 0.1) is 0 Å². The van der Waals surface area contributed by atoms with Gasteiger partial charge >= 0.3 is 0 Å². The van der Waals surface area contributed by atoms with E-state index in [-0.39, 0.29) is 5.91 Å². The van der Waals surface area contributed by atoms with Crippen molar-refractivity contribution in [2.75, 3.05) is 19.6 Å². The summed E-state index contributed by atoms with van der Waals surface area (Å²) in [6.07, 6.45) is 0. The fourth-order valence-corrected chi connectivity index (χ4v) is 3.22. The second-order valence-electron chi connectivity index (χ2n) is 3.50. The lowest BCUT2D eigenvalue weighted by Crippen LogP contribution is -2.37. The summed E-state index contributed by atoms with van der Waals surface area (Å²) in [5, 5.41) is 3.13. The highest BCUT2D eigenvalue weighted by Gasteiger charge is 2.09. The molecule has 0 saturated heterocycles. The van der Waals surface area contributed by atoms with Gasteiger partial charge < -0.3 is 10.2 Å². The van der Waals surface area contributed by atoms with E-state index in [0.29, 0.717) is 13.1 Å². The van der Waals surface area contributed by atoms with E-state index in [2.05, 4.69) is 21.2 Å². The molecule has 1 aromatic heterocycles. The number of nitrogens with zero attached hydrogens (tertiary/aromatic N) is 1. The minimum absolute atomic E-state index is 0.136. The monoisotopic (exact) mass is 338 g/mol. The molecule has 96 valence electrons. The molecule has 17 heavy (non-hydrogen) atoms. The van der Waals surface area contributed by atoms with Gasteiger partial charge in [-0.3, -0.25) is 4.79 Å². The molecule has 6 heteroatoms. The van der Waals surface area contributed by atoms with Gasteiger partial charge in [0.15, 0.2) is 0 Å². The minimum Gasteiger partial charge on any atom is -0.342 e. The fourth-order valence-electron chi connectivity index (χ4n) is 1.46. The van der Waals surface area contributed by atoms with Crippen LogP contribution in [-0.2, 0) is 11.3 Å². The smallest absolute Gasteiger partial charge is 0.236 e. The van der Waals surface area contributed by atoms with E-state index in [4.69, 9.17) is 11.6 Å². The number of nitrogens with one attached hydrogen (secondary N) is 1. The third kappa shape index (κ3) is 4.58. The molecule has 0 bridgehead atoms. The molecule has 1 heterocycles. The molecule has 1 amide bonds. The van der Waals surface area contributed by atoms with Gasteiger partial charge in [-0.1, -0.05) is 11.6 Å². The van der Waals surface area contributed by atoms with Crippen molar-refractivity contribution in [3.63, 3.8) is 0 Å². The number of halogens is 2. The SMILES string of the molecule is CCN(CC)C(=O)CNCc1cc(Br)c(Cl)s1. The van der Waals surface area contributed by atoms with Crippen molar-refractivity contribution in [2.45, 2.75) is 20.4 Å². The summed E-state index contributed by atoms with van der Waals surface area (Å²) in [4.78, 5) is 14.6. The van der Waals surface area contributed by atoms with Gasteiger partial charge in [-0.05, 0) is 35.8 Å². The lowest BCUT2D eigenvalue weighted by Gasteiger charge is -2.18. The van der Waals surface area contributed by atoms with Crippen molar-refractivity contribution >= 4 is 44.8 Å². The van der Waals surface area contributed by atoms with Crippen molar-refractivity contribution in [3.05, 3.63) is 19.8 Å². The highest BCUT2D eigenvalue weighted by Crippen LogP contribution is 2.31. The summed E-state index contributed by atoms with van der Waals surface area (Å²) in [5.74, 6) is 0.136. The maximum Gasteiger partial charge on any atom is 0.236 e. The molecule has 0 unspecified atom stereocenters. The lowest BCUT2D eigenvalue weighted by molar-refractivity contribution is -0.129. The van der Waals surface area contributed by atoms with Crippen LogP contribution in [0.4, 0.5) is 0 Å². The Bertz CT molecular complexity index is 360. The van der Waals surface area contributed by atoms with Crippen LogP contribution < -0.4 is 5.32 Å². The van der Waals surface area contributed by atoms with Crippen LogP contribution in [0.5, 0.6) is 0 Å². The fraction of sp³-hybridized carbons (Fsp3) is 0.545. The molecule has 0 saturated carbocycles. The van der Waals surface area contributed by atoms with Crippen LogP contribution in [0.15, 0.2) is 10.5 Å². The van der Waals surface area contributed by atoms with Crippen LogP contribution in [0.2, 0.25) is 4.34 Å². The molecule has 0 aliphatic heterocycles. The summed E-state index contributed by atoms with van der Waals surface area (Å²) in [5.41, 5.74) is 0. The van der Waals surface area contributed by atoms with Crippen LogP contribution >= 0.6 is 38.9 Å². The van der Waals surface area contributed by atoms with Crippen molar-refractivity contribution in [3.8, 4) is 0 Å². The second kappa shape index (κ2) is 7.36. The summed E-state index contributed by atoms with van der Waals surface area (Å²) in [7, 11) is 0. The first kappa shape index (κ1) is 15.0. The standard InChI is InChI=1S/C11H16BrClN2OS/c1-3-15(4-2)10(16)7-14-6-8-5-9(12)11(13)17-8/h5,14H,3-4,6-7H2,1-2H3. The lowest BCUT2D eigenvalue weighted by atomic mass is 10.4. The van der Waals surface area contributed by atoms with Gasteiger partial charge in [-0.15, -0.1) is 11.3 Å². The molecular weight excluding hydrogens is 324 g/mol. The zero-order valence-corrected chi connectivity index (χ0v) is 13.1. The van der Waals surface area contributed by atoms with E-state index in [1.54, 1.807) is 0 Å². The topological polar surface area (TPSA) is 32.3 Å². The van der Waals surface area contributed by atoms with Gasteiger partial charge in [0.2, 0.25) is 5.91 Å². The van der Waals surface area contributed by atoms with Gasteiger partial charge in [-0.25, -0.2) is 0 Å². The predicted octanol–water partition coefficient (Wildman–Crippen LogP) is 3.12. The summed E-state index contributed by atoms with van der Waals surface area (Å²) >= 11 is 10.8. The van der Waals surface area contributed by atoms with Crippen LogP contribution in [0.1, 0.15) is 18.7 Å². The molecule has 0 aliphatic rings. The van der Waals surface area contributed by atoms with Crippen LogP contribution in [0.25, 0.3) is 0 Å². The predicted molar refractivity (Wildman–Crippen MR) is 76.7 cm³/mol. The van der Waals surface area contributed by atoms with Gasteiger partial charge in [0.05, 0.1) is 6.54 Å². The molecule has 0 spiro atoms. The zero-order valence-electron chi connectivity index (χ0n) is 9.93. The number of hydrogen-bond donors (Lipinski definition) is 1. The number of carbonyl (C=O) groups is 1. The van der Waals surface area contributed by atoms with Crippen LogP contribution in [-0.4, -0.2) is 30.4 Å². The number of rotatable bonds is 6. The molecular formula is C11H16BrClN2OS. The highest BCUT2D eigenvalue weighted by atomic mass is 79.9. The molecule has 3 nitrogen and oxygen atoms in total. The summed E-state index contributed by atoms with van der Waals surface area (Å²) in [6, 6.07) is 1.97. The Balaban J connectivity index is 2.35. The first-order valence-corrected chi connectivity index (χ1v) is 7.49. The van der Waals surface area contributed by atoms with Gasteiger partial charge in [0.25, 0.3) is 0 Å². The number of likely N-dealkylation sites (N-methyl/N-ethyl adjacent to an activating group) is 1. The zero-order chi connectivity index (χ0) is 12.8. The van der Waals surface area contributed by atoms with E-state index < -0.39 is 0 Å². The van der Waals surface area contributed by atoms with Gasteiger partial charge in [-0.2, -0.15) is 0 Å². The Morgan fingerprint density at radius 1 is 1.53 bits per heavy atom. The van der Waals surface area contributed by atoms with Crippen molar-refractivity contribution in [2.24, 2.45) is 0 Å². The molecule has 1 N–H and O–H groups in total. The largest absolute Gasteiger partial charge is 0.342 e. The van der Waals surface area contributed by atoms with E-state index >= 15 is 0 Å². The van der Waals surface area contributed by atoms with Crippen molar-refractivity contribution < 1.29 is 4.79 Å². The third-order valence-electron chi connectivity index (χ3n) is 2.39. The number of hydrogen-bond acceptors (Lipinski definition) is 3. The Hall–Kier alpha value is -0.100. The molecule has 0 aliphatic carbocycles. The maximum absolute atomic E-state index is 11.7. The van der Waals surface area contributed by atoms with E-state index in [1.807, 2.05) is 24.8 Å². The quantitative estimate of drug-likeness (QED) is 0.863. The summed E-state index contributed by atoms with van der Waals surface area (Å²) in [6.45, 7) is 6.52. The molecule has 0 radical (unpaired) electrons. The van der Waals surface area contributed by atoms with Crippen LogP contribution in [0.3, 0.4) is 0 Å². The average Bonchev–Trinajstić information content (AvgIpc) is 2.60. The van der Waals surface area contributed by atoms with Gasteiger partial charge in [0, 0.05) is 29.0 Å². The Labute approximate surface area is 119 Å². The van der Waals surface area contributed by atoms with Crippen molar-refractivity contribution in [1.82, 2.24) is 10.2 Å². The molecule has 1 aromatic rings. The Morgan fingerprint density at radius 2 is 2.18 bits per heavy atom. The highest BCUT2D eigenvalue weighted by molar-refractivity contribution is 9.10. The average molecular weight is 340 g/mol. The molecule has 1 rings (SSSR count). The number of carbonyl (C=O) groups excluding carboxylic acids is 1. The third-order valence-corrected chi connectivity index (χ3v) is 4.86. The number of amides is 1. The molecule has 0 atom stereocenters. The van der Waals surface area contributed by atoms with Gasteiger partial charge in [0.1, 0.15) is 4.34 Å². The summed E-state index contributed by atoms with van der Waals surface area (Å²) < 4.78 is 1.66. The van der Waals surface area contributed by atoms with Crippen molar-refractivity contribution in [1.29, 1.82) is 0 Å². The Morgan fingerprint density at radius 3 is 2.65 bits per heavy atom. The first-order chi connectivity index (χ1) is 8.08. The Kier molecular flexibility index (Phi) is 6.48. The first-order valence-electron chi connectivity index (χ1n) is 5.50. The molecule has 0 aromatic carbocycles. The number of thiophene rings is 1. The van der Waals surface area contributed by atoms with E-state index in [9.17, 15) is 4.79 Å². The normalized spacial score (nSPS) is 10.6. The maximum atomic E-state index is 11.7. The van der Waals surface area contributed by atoms with E-state index in [0.717, 1.165) is 26.8 Å².